The minimum atomic E-state index is 0.925. The van der Waals surface area contributed by atoms with Crippen LogP contribution in [0.1, 0.15) is 18.9 Å². The maximum atomic E-state index is 4.24. The zero-order valence-corrected chi connectivity index (χ0v) is 9.11. The van der Waals surface area contributed by atoms with Crippen LogP contribution in [0.4, 0.5) is 5.82 Å². The molecule has 1 N–H and O–H groups in total. The molecule has 0 fully saturated rings. The van der Waals surface area contributed by atoms with Gasteiger partial charge in [0.1, 0.15) is 17.2 Å². The molecular formula is C9H15N3S. The molecule has 1 aromatic rings. The monoisotopic (exact) mass is 197 g/mol. The predicted molar refractivity (Wildman–Crippen MR) is 57.3 cm³/mol. The topological polar surface area (TPSA) is 37.8 Å². The second kappa shape index (κ2) is 5.07. The molecule has 0 aliphatic heterocycles. The van der Waals surface area contributed by atoms with Crippen LogP contribution in [0.15, 0.2) is 11.4 Å². The Morgan fingerprint density at radius 1 is 1.46 bits per heavy atom. The highest BCUT2D eigenvalue weighted by molar-refractivity contribution is 7.99. The van der Waals surface area contributed by atoms with Crippen LogP contribution in [0.3, 0.4) is 0 Å². The van der Waals surface area contributed by atoms with E-state index in [2.05, 4.69) is 22.2 Å². The van der Waals surface area contributed by atoms with Crippen LogP contribution in [-0.2, 0) is 0 Å². The molecule has 0 aromatic carbocycles. The summed E-state index contributed by atoms with van der Waals surface area (Å²) >= 11 is 1.79. The van der Waals surface area contributed by atoms with Crippen LogP contribution in [-0.4, -0.2) is 22.8 Å². The molecule has 0 saturated carbocycles. The lowest BCUT2D eigenvalue weighted by atomic mass is 10.3. The standard InChI is InChI=1S/C9H15N3S/c1-4-5-13-9-7(2)8(10-3)11-6-12-9/h6H,4-5H2,1-3H3,(H,10,11,12). The molecule has 0 aliphatic rings. The van der Waals surface area contributed by atoms with Gasteiger partial charge in [-0.25, -0.2) is 9.97 Å². The Morgan fingerprint density at radius 2 is 2.23 bits per heavy atom. The molecule has 0 unspecified atom stereocenters. The van der Waals surface area contributed by atoms with Gasteiger partial charge in [-0.15, -0.1) is 11.8 Å². The molecule has 1 heterocycles. The van der Waals surface area contributed by atoms with Crippen molar-refractivity contribution in [1.29, 1.82) is 0 Å². The summed E-state index contributed by atoms with van der Waals surface area (Å²) in [6.45, 7) is 4.21. The summed E-state index contributed by atoms with van der Waals surface area (Å²) in [4.78, 5) is 8.37. The molecule has 0 spiro atoms. The van der Waals surface area contributed by atoms with Gasteiger partial charge >= 0.3 is 0 Å². The Hall–Kier alpha value is -0.770. The third kappa shape index (κ3) is 2.59. The van der Waals surface area contributed by atoms with Gasteiger partial charge in [-0.1, -0.05) is 6.92 Å². The lowest BCUT2D eigenvalue weighted by Crippen LogP contribution is -1.98. The van der Waals surface area contributed by atoms with E-state index in [9.17, 15) is 0 Å². The van der Waals surface area contributed by atoms with Crippen LogP contribution in [0, 0.1) is 6.92 Å². The first kappa shape index (κ1) is 10.3. The van der Waals surface area contributed by atoms with Crippen molar-refractivity contribution >= 4 is 17.6 Å². The Labute approximate surface area is 83.4 Å². The smallest absolute Gasteiger partial charge is 0.133 e. The zero-order chi connectivity index (χ0) is 9.68. The second-order valence-electron chi connectivity index (χ2n) is 2.75. The third-order valence-corrected chi connectivity index (χ3v) is 3.01. The number of hydrogen-bond donors (Lipinski definition) is 1. The molecule has 0 amide bonds. The van der Waals surface area contributed by atoms with E-state index in [4.69, 9.17) is 0 Å². The van der Waals surface area contributed by atoms with E-state index in [0.29, 0.717) is 0 Å². The van der Waals surface area contributed by atoms with E-state index in [1.165, 1.54) is 6.42 Å². The fourth-order valence-electron chi connectivity index (χ4n) is 1.03. The summed E-state index contributed by atoms with van der Waals surface area (Å²) < 4.78 is 0. The molecule has 0 saturated heterocycles. The molecule has 0 aliphatic carbocycles. The molecule has 0 atom stereocenters. The van der Waals surface area contributed by atoms with Crippen molar-refractivity contribution in [3.63, 3.8) is 0 Å². The second-order valence-corrected chi connectivity index (χ2v) is 3.83. The highest BCUT2D eigenvalue weighted by Crippen LogP contribution is 2.23. The van der Waals surface area contributed by atoms with E-state index in [0.717, 1.165) is 22.2 Å². The summed E-state index contributed by atoms with van der Waals surface area (Å²) in [7, 11) is 1.88. The number of thioether (sulfide) groups is 1. The first-order valence-electron chi connectivity index (χ1n) is 4.41. The van der Waals surface area contributed by atoms with E-state index >= 15 is 0 Å². The summed E-state index contributed by atoms with van der Waals surface area (Å²) in [5, 5.41) is 4.13. The fraction of sp³-hybridized carbons (Fsp3) is 0.556. The van der Waals surface area contributed by atoms with Gasteiger partial charge in [-0.05, 0) is 19.1 Å². The minimum absolute atomic E-state index is 0.925. The SMILES string of the molecule is CCCSc1ncnc(NC)c1C. The largest absolute Gasteiger partial charge is 0.373 e. The molecule has 0 bridgehead atoms. The van der Waals surface area contributed by atoms with Gasteiger partial charge in [0, 0.05) is 12.6 Å². The Bertz CT molecular complexity index is 276. The summed E-state index contributed by atoms with van der Waals surface area (Å²) in [5.74, 6) is 2.04. The van der Waals surface area contributed by atoms with Crippen LogP contribution in [0.5, 0.6) is 0 Å². The molecular weight excluding hydrogens is 182 g/mol. The van der Waals surface area contributed by atoms with Gasteiger partial charge in [-0.3, -0.25) is 0 Å². The van der Waals surface area contributed by atoms with Crippen molar-refractivity contribution in [2.45, 2.75) is 25.3 Å². The number of nitrogens with one attached hydrogen (secondary N) is 1. The lowest BCUT2D eigenvalue weighted by molar-refractivity contribution is 0.998. The van der Waals surface area contributed by atoms with Crippen molar-refractivity contribution in [1.82, 2.24) is 9.97 Å². The molecule has 13 heavy (non-hydrogen) atoms. The molecule has 1 rings (SSSR count). The average Bonchev–Trinajstić information content (AvgIpc) is 2.16. The number of rotatable bonds is 4. The average molecular weight is 197 g/mol. The van der Waals surface area contributed by atoms with Gasteiger partial charge in [0.05, 0.1) is 0 Å². The van der Waals surface area contributed by atoms with Crippen LogP contribution < -0.4 is 5.32 Å². The Kier molecular flexibility index (Phi) is 4.02. The zero-order valence-electron chi connectivity index (χ0n) is 8.29. The van der Waals surface area contributed by atoms with Crippen molar-refractivity contribution in [3.05, 3.63) is 11.9 Å². The van der Waals surface area contributed by atoms with Crippen LogP contribution in [0.2, 0.25) is 0 Å². The Balaban J connectivity index is 2.81. The number of anilines is 1. The van der Waals surface area contributed by atoms with Crippen LogP contribution >= 0.6 is 11.8 Å². The van der Waals surface area contributed by atoms with Crippen molar-refractivity contribution in [2.75, 3.05) is 18.1 Å². The lowest BCUT2D eigenvalue weighted by Gasteiger charge is -2.07. The third-order valence-electron chi connectivity index (χ3n) is 1.72. The van der Waals surface area contributed by atoms with E-state index in [1.54, 1.807) is 18.1 Å². The van der Waals surface area contributed by atoms with Crippen molar-refractivity contribution in [3.8, 4) is 0 Å². The number of aromatic nitrogens is 2. The molecule has 3 nitrogen and oxygen atoms in total. The van der Waals surface area contributed by atoms with Gasteiger partial charge in [0.25, 0.3) is 0 Å². The van der Waals surface area contributed by atoms with Gasteiger partial charge < -0.3 is 5.32 Å². The van der Waals surface area contributed by atoms with Crippen molar-refractivity contribution in [2.24, 2.45) is 0 Å². The number of nitrogens with zero attached hydrogens (tertiary/aromatic N) is 2. The van der Waals surface area contributed by atoms with Crippen molar-refractivity contribution < 1.29 is 0 Å². The normalized spacial score (nSPS) is 10.1. The first-order valence-corrected chi connectivity index (χ1v) is 5.40. The van der Waals surface area contributed by atoms with Gasteiger partial charge in [0.2, 0.25) is 0 Å². The Morgan fingerprint density at radius 3 is 2.85 bits per heavy atom. The molecule has 1 aromatic heterocycles. The molecule has 4 heteroatoms. The van der Waals surface area contributed by atoms with E-state index in [1.807, 2.05) is 14.0 Å². The van der Waals surface area contributed by atoms with Gasteiger partial charge in [-0.2, -0.15) is 0 Å². The quantitative estimate of drug-likeness (QED) is 0.594. The maximum absolute atomic E-state index is 4.24. The van der Waals surface area contributed by atoms with Gasteiger partial charge in [0.15, 0.2) is 0 Å². The summed E-state index contributed by atoms with van der Waals surface area (Å²) in [6.07, 6.45) is 2.78. The van der Waals surface area contributed by atoms with Crippen LogP contribution in [0.25, 0.3) is 0 Å². The maximum Gasteiger partial charge on any atom is 0.133 e. The van der Waals surface area contributed by atoms with E-state index in [-0.39, 0.29) is 0 Å². The molecule has 0 radical (unpaired) electrons. The fourth-order valence-corrected chi connectivity index (χ4v) is 1.86. The number of hydrogen-bond acceptors (Lipinski definition) is 4. The highest BCUT2D eigenvalue weighted by atomic mass is 32.2. The van der Waals surface area contributed by atoms with E-state index < -0.39 is 0 Å². The summed E-state index contributed by atoms with van der Waals surface area (Å²) in [5.41, 5.74) is 1.14. The highest BCUT2D eigenvalue weighted by Gasteiger charge is 2.04. The minimum Gasteiger partial charge on any atom is -0.373 e. The first-order chi connectivity index (χ1) is 6.29. The summed E-state index contributed by atoms with van der Waals surface area (Å²) in [6, 6.07) is 0. The predicted octanol–water partition coefficient (Wildman–Crippen LogP) is 2.33. The molecule has 72 valence electrons.